The van der Waals surface area contributed by atoms with Crippen molar-refractivity contribution in [3.63, 3.8) is 0 Å². The number of Topliss-reactive ketones (excluding diaryl/α,β-unsaturated/α-hetero) is 1. The SMILES string of the molecule is CC(=O)c1cc(O)cc2c1[C@H]1CC[C@]3(C)[C@@H](O)CC[C@H]3[C@@H]1CC2. The lowest BCUT2D eigenvalue weighted by molar-refractivity contribution is -0.0227. The van der Waals surface area contributed by atoms with Gasteiger partial charge in [0.2, 0.25) is 0 Å². The molecule has 0 saturated heterocycles. The number of fused-ring (bicyclic) bond motifs is 5. The maximum absolute atomic E-state index is 12.1. The van der Waals surface area contributed by atoms with E-state index in [2.05, 4.69) is 6.92 Å². The molecule has 124 valence electrons. The number of aromatic hydroxyl groups is 1. The van der Waals surface area contributed by atoms with Crippen LogP contribution < -0.4 is 0 Å². The monoisotopic (exact) mass is 314 g/mol. The van der Waals surface area contributed by atoms with Gasteiger partial charge in [0, 0.05) is 5.56 Å². The van der Waals surface area contributed by atoms with Crippen LogP contribution in [0.4, 0.5) is 0 Å². The van der Waals surface area contributed by atoms with Gasteiger partial charge in [-0.15, -0.1) is 0 Å². The molecule has 1 aromatic rings. The molecule has 2 saturated carbocycles. The topological polar surface area (TPSA) is 57.5 Å². The number of carbonyl (C=O) groups is 1. The maximum Gasteiger partial charge on any atom is 0.160 e. The highest BCUT2D eigenvalue weighted by atomic mass is 16.3. The van der Waals surface area contributed by atoms with E-state index in [1.54, 1.807) is 13.0 Å². The van der Waals surface area contributed by atoms with E-state index in [-0.39, 0.29) is 23.1 Å². The lowest BCUT2D eigenvalue weighted by Crippen LogP contribution is -2.44. The Morgan fingerprint density at radius 2 is 2.00 bits per heavy atom. The van der Waals surface area contributed by atoms with Gasteiger partial charge in [0.05, 0.1) is 6.10 Å². The van der Waals surface area contributed by atoms with Gasteiger partial charge in [-0.2, -0.15) is 0 Å². The highest BCUT2D eigenvalue weighted by Crippen LogP contribution is 2.61. The molecule has 3 nitrogen and oxygen atoms in total. The lowest BCUT2D eigenvalue weighted by atomic mass is 9.55. The summed E-state index contributed by atoms with van der Waals surface area (Å²) in [6, 6.07) is 3.51. The van der Waals surface area contributed by atoms with Crippen LogP contribution in [0.15, 0.2) is 12.1 Å². The molecule has 5 atom stereocenters. The Hall–Kier alpha value is -1.35. The molecule has 2 N–H and O–H groups in total. The molecule has 3 aliphatic carbocycles. The van der Waals surface area contributed by atoms with Crippen molar-refractivity contribution in [2.24, 2.45) is 17.3 Å². The summed E-state index contributed by atoms with van der Waals surface area (Å²) < 4.78 is 0. The first kappa shape index (κ1) is 15.2. The first-order chi connectivity index (χ1) is 10.9. The van der Waals surface area contributed by atoms with E-state index in [4.69, 9.17) is 0 Å². The average molecular weight is 314 g/mol. The molecule has 0 amide bonds. The highest BCUT2D eigenvalue weighted by molar-refractivity contribution is 5.96. The van der Waals surface area contributed by atoms with Crippen LogP contribution in [0.5, 0.6) is 5.75 Å². The standard InChI is InChI=1S/C20H26O3/c1-11(21)16-10-13(22)9-12-3-4-14-15(19(12)16)7-8-20(2)17(14)5-6-18(20)23/h9-10,14-15,17-18,22-23H,3-8H2,1-2H3/t14-,15+,17+,18+,20+/m1/s1. The average Bonchev–Trinajstić information content (AvgIpc) is 2.81. The van der Waals surface area contributed by atoms with Crippen LogP contribution in [0, 0.1) is 17.3 Å². The van der Waals surface area contributed by atoms with Crippen molar-refractivity contribution in [2.45, 2.75) is 64.4 Å². The van der Waals surface area contributed by atoms with E-state index < -0.39 is 0 Å². The van der Waals surface area contributed by atoms with Crippen LogP contribution in [0.2, 0.25) is 0 Å². The second-order valence-electron chi connectivity index (χ2n) is 8.18. The predicted octanol–water partition coefficient (Wildman–Crippen LogP) is 3.81. The van der Waals surface area contributed by atoms with Crippen molar-refractivity contribution in [3.05, 3.63) is 28.8 Å². The highest BCUT2D eigenvalue weighted by Gasteiger charge is 2.54. The van der Waals surface area contributed by atoms with Crippen molar-refractivity contribution < 1.29 is 15.0 Å². The quantitative estimate of drug-likeness (QED) is 0.775. The summed E-state index contributed by atoms with van der Waals surface area (Å²) in [5, 5.41) is 20.4. The zero-order valence-electron chi connectivity index (χ0n) is 14.0. The van der Waals surface area contributed by atoms with Crippen LogP contribution >= 0.6 is 0 Å². The third kappa shape index (κ3) is 2.09. The third-order valence-electron chi connectivity index (χ3n) is 7.13. The number of hydrogen-bond acceptors (Lipinski definition) is 3. The van der Waals surface area contributed by atoms with E-state index in [1.165, 1.54) is 11.1 Å². The van der Waals surface area contributed by atoms with Crippen molar-refractivity contribution in [3.8, 4) is 5.75 Å². The van der Waals surface area contributed by atoms with Crippen LogP contribution in [-0.4, -0.2) is 22.1 Å². The molecule has 3 aliphatic rings. The number of benzene rings is 1. The summed E-state index contributed by atoms with van der Waals surface area (Å²) in [5.74, 6) is 1.82. The van der Waals surface area contributed by atoms with Crippen LogP contribution in [0.3, 0.4) is 0 Å². The fourth-order valence-electron chi connectivity index (χ4n) is 5.98. The van der Waals surface area contributed by atoms with E-state index in [1.807, 2.05) is 6.07 Å². The smallest absolute Gasteiger partial charge is 0.160 e. The van der Waals surface area contributed by atoms with Crippen molar-refractivity contribution >= 4 is 5.78 Å². The molecule has 0 radical (unpaired) electrons. The summed E-state index contributed by atoms with van der Waals surface area (Å²) in [7, 11) is 0. The molecule has 1 aromatic carbocycles. The summed E-state index contributed by atoms with van der Waals surface area (Å²) in [5.41, 5.74) is 3.15. The molecule has 4 rings (SSSR count). The summed E-state index contributed by atoms with van der Waals surface area (Å²) in [4.78, 5) is 12.1. The lowest BCUT2D eigenvalue weighted by Gasteiger charge is -2.50. The number of rotatable bonds is 1. The molecular formula is C20H26O3. The Balaban J connectivity index is 1.79. The molecule has 0 heterocycles. The predicted molar refractivity (Wildman–Crippen MR) is 88.7 cm³/mol. The molecule has 0 aliphatic heterocycles. The summed E-state index contributed by atoms with van der Waals surface area (Å²) in [6.45, 7) is 3.87. The van der Waals surface area contributed by atoms with E-state index in [9.17, 15) is 15.0 Å². The van der Waals surface area contributed by atoms with Crippen LogP contribution in [0.1, 0.15) is 73.4 Å². The van der Waals surface area contributed by atoms with Crippen molar-refractivity contribution in [1.82, 2.24) is 0 Å². The van der Waals surface area contributed by atoms with Gasteiger partial charge in [-0.3, -0.25) is 4.79 Å². The first-order valence-electron chi connectivity index (χ1n) is 8.96. The Kier molecular flexibility index (Phi) is 3.35. The number of phenols is 1. The molecule has 0 unspecified atom stereocenters. The number of aliphatic hydroxyl groups is 1. The van der Waals surface area contributed by atoms with Gasteiger partial charge in [-0.1, -0.05) is 6.92 Å². The zero-order chi connectivity index (χ0) is 16.4. The number of aryl methyl sites for hydroxylation is 1. The fourth-order valence-corrected chi connectivity index (χ4v) is 5.98. The van der Waals surface area contributed by atoms with Gasteiger partial charge >= 0.3 is 0 Å². The number of phenolic OH excluding ortho intramolecular Hbond substituents is 1. The van der Waals surface area contributed by atoms with Crippen LogP contribution in [-0.2, 0) is 6.42 Å². The van der Waals surface area contributed by atoms with E-state index in [0.717, 1.165) is 44.1 Å². The summed E-state index contributed by atoms with van der Waals surface area (Å²) in [6.07, 6.45) is 6.01. The zero-order valence-corrected chi connectivity index (χ0v) is 14.0. The van der Waals surface area contributed by atoms with E-state index >= 15 is 0 Å². The number of ketones is 1. The Morgan fingerprint density at radius 1 is 1.22 bits per heavy atom. The molecule has 0 spiro atoms. The minimum absolute atomic E-state index is 0.0533. The van der Waals surface area contributed by atoms with Gasteiger partial charge in [0.1, 0.15) is 5.75 Å². The number of carbonyl (C=O) groups excluding carboxylic acids is 1. The summed E-state index contributed by atoms with van der Waals surface area (Å²) >= 11 is 0. The number of hydrogen-bond donors (Lipinski definition) is 2. The second-order valence-corrected chi connectivity index (χ2v) is 8.18. The maximum atomic E-state index is 12.1. The fraction of sp³-hybridized carbons (Fsp3) is 0.650. The van der Waals surface area contributed by atoms with Gasteiger partial charge in [-0.05, 0) is 91.9 Å². The van der Waals surface area contributed by atoms with Gasteiger partial charge in [-0.25, -0.2) is 0 Å². The minimum atomic E-state index is -0.165. The molecule has 3 heteroatoms. The molecular weight excluding hydrogens is 288 g/mol. The second kappa shape index (κ2) is 5.07. The normalized spacial score (nSPS) is 38.6. The largest absolute Gasteiger partial charge is 0.508 e. The van der Waals surface area contributed by atoms with Crippen LogP contribution in [0.25, 0.3) is 0 Å². The molecule has 2 fully saturated rings. The van der Waals surface area contributed by atoms with Crippen molar-refractivity contribution in [1.29, 1.82) is 0 Å². The van der Waals surface area contributed by atoms with Gasteiger partial charge in [0.15, 0.2) is 5.78 Å². The van der Waals surface area contributed by atoms with E-state index in [0.29, 0.717) is 17.8 Å². The van der Waals surface area contributed by atoms with Gasteiger partial charge < -0.3 is 10.2 Å². The Bertz CT molecular complexity index is 665. The molecule has 23 heavy (non-hydrogen) atoms. The molecule has 0 aromatic heterocycles. The van der Waals surface area contributed by atoms with Crippen molar-refractivity contribution in [2.75, 3.05) is 0 Å². The van der Waals surface area contributed by atoms with Gasteiger partial charge in [0.25, 0.3) is 0 Å². The third-order valence-corrected chi connectivity index (χ3v) is 7.13. The first-order valence-corrected chi connectivity index (χ1v) is 8.96. The minimum Gasteiger partial charge on any atom is -0.508 e. The Labute approximate surface area is 137 Å². The Morgan fingerprint density at radius 3 is 2.74 bits per heavy atom. The molecule has 0 bridgehead atoms. The number of aliphatic hydroxyl groups excluding tert-OH is 1.